The van der Waals surface area contributed by atoms with Gasteiger partial charge in [-0.15, -0.1) is 11.3 Å². The van der Waals surface area contributed by atoms with Gasteiger partial charge in [-0.25, -0.2) is 4.39 Å². The van der Waals surface area contributed by atoms with Crippen LogP contribution in [0.1, 0.15) is 0 Å². The van der Waals surface area contributed by atoms with Crippen molar-refractivity contribution in [3.63, 3.8) is 0 Å². The minimum absolute atomic E-state index is 0.202. The van der Waals surface area contributed by atoms with Crippen LogP contribution in [0.25, 0.3) is 64.5 Å². The Morgan fingerprint density at radius 2 is 1.28 bits per heavy atom. The first-order chi connectivity index (χ1) is 17.8. The van der Waals surface area contributed by atoms with Crippen LogP contribution < -0.4 is 0 Å². The number of thiophene rings is 1. The molecule has 0 aliphatic carbocycles. The van der Waals surface area contributed by atoms with E-state index in [1.807, 2.05) is 53.9 Å². The van der Waals surface area contributed by atoms with Gasteiger partial charge in [-0.3, -0.25) is 4.98 Å². The maximum absolute atomic E-state index is 14.5. The van der Waals surface area contributed by atoms with Crippen molar-refractivity contribution in [2.45, 2.75) is 0 Å². The number of hydrogen-bond donors (Lipinski definition) is 0. The molecule has 0 aliphatic rings. The molecule has 2 aromatic heterocycles. The molecule has 0 saturated heterocycles. The van der Waals surface area contributed by atoms with Gasteiger partial charge in [0.05, 0.1) is 5.69 Å². The molecular formula is C33H20FNS. The summed E-state index contributed by atoms with van der Waals surface area (Å²) >= 11 is 1.82. The minimum Gasteiger partial charge on any atom is -0.256 e. The Hall–Kier alpha value is -4.34. The first kappa shape index (κ1) is 21.0. The smallest absolute Gasteiger partial charge is 0.131 e. The highest BCUT2D eigenvalue weighted by atomic mass is 32.1. The molecule has 3 heteroatoms. The van der Waals surface area contributed by atoms with Gasteiger partial charge >= 0.3 is 0 Å². The normalized spacial score (nSPS) is 11.5. The van der Waals surface area contributed by atoms with Crippen molar-refractivity contribution in [3.8, 4) is 32.8 Å². The lowest BCUT2D eigenvalue weighted by atomic mass is 9.95. The van der Waals surface area contributed by atoms with E-state index in [1.54, 1.807) is 6.07 Å². The van der Waals surface area contributed by atoms with Crippen molar-refractivity contribution >= 4 is 43.0 Å². The van der Waals surface area contributed by atoms with E-state index in [4.69, 9.17) is 4.98 Å². The van der Waals surface area contributed by atoms with Crippen LogP contribution in [0, 0.1) is 5.82 Å². The van der Waals surface area contributed by atoms with Gasteiger partial charge in [0.2, 0.25) is 0 Å². The molecule has 0 spiro atoms. The van der Waals surface area contributed by atoms with E-state index >= 15 is 0 Å². The molecule has 7 rings (SSSR count). The maximum Gasteiger partial charge on any atom is 0.131 e. The van der Waals surface area contributed by atoms with Crippen LogP contribution >= 0.6 is 11.3 Å². The third-order valence-corrected chi connectivity index (χ3v) is 8.02. The van der Waals surface area contributed by atoms with Crippen molar-refractivity contribution in [1.29, 1.82) is 0 Å². The molecule has 0 radical (unpaired) electrons. The summed E-state index contributed by atoms with van der Waals surface area (Å²) < 4.78 is 15.7. The minimum atomic E-state index is -0.202. The van der Waals surface area contributed by atoms with E-state index in [1.165, 1.54) is 37.7 Å². The summed E-state index contributed by atoms with van der Waals surface area (Å²) in [4.78, 5) is 6.07. The first-order valence-corrected chi connectivity index (χ1v) is 12.7. The van der Waals surface area contributed by atoms with E-state index < -0.39 is 0 Å². The fraction of sp³-hybridized carbons (Fsp3) is 0. The predicted molar refractivity (Wildman–Crippen MR) is 151 cm³/mol. The summed E-state index contributed by atoms with van der Waals surface area (Å²) in [5.41, 5.74) is 5.56. The molecule has 170 valence electrons. The first-order valence-electron chi connectivity index (χ1n) is 11.9. The fourth-order valence-electron chi connectivity index (χ4n) is 5.08. The van der Waals surface area contributed by atoms with Crippen LogP contribution in [0.2, 0.25) is 0 Å². The quantitative estimate of drug-likeness (QED) is 0.229. The highest BCUT2D eigenvalue weighted by molar-refractivity contribution is 7.22. The third-order valence-electron chi connectivity index (χ3n) is 6.78. The van der Waals surface area contributed by atoms with Gasteiger partial charge in [0.15, 0.2) is 0 Å². The Bertz CT molecular complexity index is 1890. The Morgan fingerprint density at radius 1 is 0.556 bits per heavy atom. The standard InChI is InChI=1S/C33H20FNS/c34-30-13-7-12-25-26-16-17-35-32(28(26)15-14-27(25)30)23-18-24-20-31(22-10-5-2-6-11-22)36-33(24)29(19-23)21-8-3-1-4-9-21/h1-20H. The number of aromatic nitrogens is 1. The zero-order chi connectivity index (χ0) is 24.1. The Morgan fingerprint density at radius 3 is 2.08 bits per heavy atom. The molecule has 0 atom stereocenters. The molecule has 7 aromatic rings. The zero-order valence-electron chi connectivity index (χ0n) is 19.3. The molecule has 0 saturated carbocycles. The average Bonchev–Trinajstić information content (AvgIpc) is 3.38. The molecule has 36 heavy (non-hydrogen) atoms. The molecule has 0 aliphatic heterocycles. The van der Waals surface area contributed by atoms with Gasteiger partial charge in [0, 0.05) is 37.7 Å². The summed E-state index contributed by atoms with van der Waals surface area (Å²) in [6.07, 6.45) is 1.83. The highest BCUT2D eigenvalue weighted by Crippen LogP contribution is 2.43. The maximum atomic E-state index is 14.5. The largest absolute Gasteiger partial charge is 0.256 e. The van der Waals surface area contributed by atoms with Crippen molar-refractivity contribution in [1.82, 2.24) is 4.98 Å². The Kier molecular flexibility index (Phi) is 4.90. The number of halogens is 1. The fourth-order valence-corrected chi connectivity index (χ4v) is 6.26. The van der Waals surface area contributed by atoms with Gasteiger partial charge in [-0.2, -0.15) is 0 Å². The van der Waals surface area contributed by atoms with Gasteiger partial charge < -0.3 is 0 Å². The van der Waals surface area contributed by atoms with Crippen LogP contribution in [0.4, 0.5) is 4.39 Å². The number of pyridine rings is 1. The lowest BCUT2D eigenvalue weighted by molar-refractivity contribution is 0.640. The molecule has 5 aromatic carbocycles. The topological polar surface area (TPSA) is 12.9 Å². The molecular weight excluding hydrogens is 461 g/mol. The lowest BCUT2D eigenvalue weighted by Crippen LogP contribution is -1.89. The molecule has 0 fully saturated rings. The van der Waals surface area contributed by atoms with Crippen LogP contribution in [0.3, 0.4) is 0 Å². The summed E-state index contributed by atoms with van der Waals surface area (Å²) in [5, 5.41) is 4.76. The number of hydrogen-bond acceptors (Lipinski definition) is 2. The van der Waals surface area contributed by atoms with E-state index in [9.17, 15) is 4.39 Å². The SMILES string of the molecule is Fc1cccc2c1ccc1c(-c3cc(-c4ccccc4)c4sc(-c5ccccc5)cc4c3)nccc12. The van der Waals surface area contributed by atoms with Gasteiger partial charge in [-0.1, -0.05) is 84.9 Å². The van der Waals surface area contributed by atoms with Gasteiger partial charge in [0.25, 0.3) is 0 Å². The van der Waals surface area contributed by atoms with Gasteiger partial charge in [-0.05, 0) is 57.6 Å². The Balaban J connectivity index is 1.51. The van der Waals surface area contributed by atoms with E-state index in [0.717, 1.165) is 27.4 Å². The second-order valence-electron chi connectivity index (χ2n) is 8.94. The van der Waals surface area contributed by atoms with Crippen LogP contribution in [0.5, 0.6) is 0 Å². The predicted octanol–water partition coefficient (Wildman–Crippen LogP) is 9.74. The van der Waals surface area contributed by atoms with E-state index in [-0.39, 0.29) is 5.82 Å². The van der Waals surface area contributed by atoms with Crippen LogP contribution in [-0.2, 0) is 0 Å². The number of benzene rings is 5. The third kappa shape index (κ3) is 3.40. The van der Waals surface area contributed by atoms with Crippen LogP contribution in [-0.4, -0.2) is 4.98 Å². The number of fused-ring (bicyclic) bond motifs is 4. The molecule has 0 bridgehead atoms. The summed E-state index contributed by atoms with van der Waals surface area (Å²) in [6.45, 7) is 0. The molecule has 1 nitrogen and oxygen atoms in total. The molecule has 0 N–H and O–H groups in total. The number of rotatable bonds is 3. The monoisotopic (exact) mass is 481 g/mol. The second-order valence-corrected chi connectivity index (χ2v) is 9.99. The Labute approximate surface area is 212 Å². The average molecular weight is 482 g/mol. The molecule has 2 heterocycles. The summed E-state index contributed by atoms with van der Waals surface area (Å²) in [7, 11) is 0. The molecule has 0 unspecified atom stereocenters. The second kappa shape index (κ2) is 8.40. The van der Waals surface area contributed by atoms with Crippen molar-refractivity contribution in [2.75, 3.05) is 0 Å². The van der Waals surface area contributed by atoms with E-state index in [2.05, 4.69) is 66.7 Å². The van der Waals surface area contributed by atoms with Crippen molar-refractivity contribution < 1.29 is 4.39 Å². The van der Waals surface area contributed by atoms with E-state index in [0.29, 0.717) is 5.39 Å². The van der Waals surface area contributed by atoms with Crippen molar-refractivity contribution in [2.24, 2.45) is 0 Å². The lowest BCUT2D eigenvalue weighted by Gasteiger charge is -2.12. The van der Waals surface area contributed by atoms with Gasteiger partial charge in [0.1, 0.15) is 5.82 Å². The summed E-state index contributed by atoms with van der Waals surface area (Å²) in [6, 6.07) is 38.9. The zero-order valence-corrected chi connectivity index (χ0v) is 20.1. The molecule has 0 amide bonds. The van der Waals surface area contributed by atoms with Crippen LogP contribution in [0.15, 0.2) is 121 Å². The van der Waals surface area contributed by atoms with Crippen molar-refractivity contribution in [3.05, 3.63) is 127 Å². The highest BCUT2D eigenvalue weighted by Gasteiger charge is 2.15. The number of nitrogens with zero attached hydrogens (tertiary/aromatic N) is 1. The summed E-state index contributed by atoms with van der Waals surface area (Å²) in [5.74, 6) is -0.202.